The molecule has 2 aliphatic rings. The van der Waals surface area contributed by atoms with E-state index in [2.05, 4.69) is 17.1 Å². The molecule has 1 aromatic carbocycles. The van der Waals surface area contributed by atoms with Gasteiger partial charge in [-0.1, -0.05) is 35.9 Å². The van der Waals surface area contributed by atoms with E-state index in [4.69, 9.17) is 23.1 Å². The molecule has 0 radical (unpaired) electrons. The number of rotatable bonds is 2. The number of carbonyl (C=O) groups is 1. The van der Waals surface area contributed by atoms with Crippen molar-refractivity contribution in [2.75, 3.05) is 0 Å². The number of allylic oxidation sites excluding steroid dienone is 2. The van der Waals surface area contributed by atoms with Crippen LogP contribution in [0, 0.1) is 17.8 Å². The van der Waals surface area contributed by atoms with Crippen LogP contribution in [0.1, 0.15) is 17.9 Å². The van der Waals surface area contributed by atoms with Crippen LogP contribution >= 0.6 is 11.6 Å². The average molecular weight is 290 g/mol. The van der Waals surface area contributed by atoms with Crippen molar-refractivity contribution in [3.63, 3.8) is 0 Å². The van der Waals surface area contributed by atoms with Gasteiger partial charge in [0.2, 0.25) is 0 Å². The lowest BCUT2D eigenvalue weighted by Gasteiger charge is -2.26. The van der Waals surface area contributed by atoms with Crippen molar-refractivity contribution >= 4 is 23.5 Å². The van der Waals surface area contributed by atoms with Crippen molar-refractivity contribution in [3.8, 4) is 0 Å². The first-order valence-electron chi connectivity index (χ1n) is 6.63. The molecular weight excluding hydrogens is 274 g/mol. The normalized spacial score (nSPS) is 30.4. The van der Waals surface area contributed by atoms with Gasteiger partial charge < -0.3 is 11.5 Å². The fraction of sp³-hybridized carbons (Fsp3) is 0.333. The molecule has 4 atom stereocenters. The summed E-state index contributed by atoms with van der Waals surface area (Å²) in [6, 6.07) is 7.69. The fourth-order valence-corrected chi connectivity index (χ4v) is 3.73. The molecule has 1 fully saturated rings. The third kappa shape index (κ3) is 2.20. The topological polar surface area (TPSA) is 81.5 Å². The lowest BCUT2D eigenvalue weighted by Crippen LogP contribution is -2.30. The third-order valence-electron chi connectivity index (χ3n) is 4.22. The molecule has 4 nitrogen and oxygen atoms in total. The molecule has 0 aliphatic heterocycles. The zero-order valence-corrected chi connectivity index (χ0v) is 11.6. The van der Waals surface area contributed by atoms with Gasteiger partial charge in [-0.15, -0.1) is 0 Å². The molecule has 1 saturated carbocycles. The monoisotopic (exact) mass is 289 g/mol. The van der Waals surface area contributed by atoms with Crippen molar-refractivity contribution in [1.29, 1.82) is 0 Å². The smallest absolute Gasteiger partial charge is 0.253 e. The summed E-state index contributed by atoms with van der Waals surface area (Å²) in [5.41, 5.74) is 11.8. The minimum Gasteiger partial charge on any atom is -0.370 e. The van der Waals surface area contributed by atoms with Crippen LogP contribution in [-0.2, 0) is 4.79 Å². The summed E-state index contributed by atoms with van der Waals surface area (Å²) in [6.07, 6.45) is 5.28. The van der Waals surface area contributed by atoms with Crippen LogP contribution in [0.15, 0.2) is 41.4 Å². The van der Waals surface area contributed by atoms with Crippen LogP contribution in [0.25, 0.3) is 0 Å². The molecule has 1 amide bonds. The van der Waals surface area contributed by atoms with Crippen molar-refractivity contribution in [2.45, 2.75) is 12.3 Å². The molecule has 0 spiro atoms. The highest BCUT2D eigenvalue weighted by Crippen LogP contribution is 2.53. The van der Waals surface area contributed by atoms with Crippen LogP contribution < -0.4 is 11.5 Å². The van der Waals surface area contributed by atoms with E-state index < -0.39 is 0 Å². The van der Waals surface area contributed by atoms with Crippen LogP contribution in [-0.4, -0.2) is 11.9 Å². The summed E-state index contributed by atoms with van der Waals surface area (Å²) in [6.45, 7) is 0. The van der Waals surface area contributed by atoms with E-state index in [0.29, 0.717) is 10.9 Å². The highest BCUT2D eigenvalue weighted by Gasteiger charge is 2.48. The van der Waals surface area contributed by atoms with E-state index >= 15 is 0 Å². The predicted octanol–water partition coefficient (Wildman–Crippen LogP) is 2.05. The molecule has 104 valence electrons. The maximum absolute atomic E-state index is 12.3. The highest BCUT2D eigenvalue weighted by atomic mass is 35.5. The highest BCUT2D eigenvalue weighted by molar-refractivity contribution is 6.30. The number of halogens is 1. The Kier molecular flexibility index (Phi) is 3.26. The summed E-state index contributed by atoms with van der Waals surface area (Å²) in [5, 5.41) is 0.683. The molecule has 20 heavy (non-hydrogen) atoms. The number of hydrogen-bond acceptors (Lipinski definition) is 1. The number of nitrogens with zero attached hydrogens (tertiary/aromatic N) is 1. The lowest BCUT2D eigenvalue weighted by atomic mass is 9.78. The Hall–Kier alpha value is -1.81. The first-order chi connectivity index (χ1) is 9.56. The maximum Gasteiger partial charge on any atom is 0.253 e. The Labute approximate surface area is 122 Å². The van der Waals surface area contributed by atoms with Gasteiger partial charge in [-0.05, 0) is 36.0 Å². The van der Waals surface area contributed by atoms with Gasteiger partial charge in [-0.3, -0.25) is 4.79 Å². The number of carbonyl (C=O) groups excluding carboxylic acids is 1. The van der Waals surface area contributed by atoms with Gasteiger partial charge in [0, 0.05) is 10.9 Å². The second-order valence-electron chi connectivity index (χ2n) is 5.43. The Morgan fingerprint density at radius 3 is 2.70 bits per heavy atom. The average Bonchev–Trinajstić information content (AvgIpc) is 2.97. The Morgan fingerprint density at radius 2 is 2.00 bits per heavy atom. The van der Waals surface area contributed by atoms with E-state index in [-0.39, 0.29) is 29.6 Å². The standard InChI is InChI=1S/C15H16ClN3O/c16-11-3-1-2-8(7-11)12-9-4-5-10(6-9)13(12)14(20)19-15(17)18/h1-5,7,9-10,12-13H,6H2,(H4,17,18,19,20). The van der Waals surface area contributed by atoms with Gasteiger partial charge in [-0.2, -0.15) is 4.99 Å². The van der Waals surface area contributed by atoms with E-state index in [0.717, 1.165) is 12.0 Å². The van der Waals surface area contributed by atoms with E-state index in [9.17, 15) is 4.79 Å². The molecular formula is C15H16ClN3O. The number of hydrogen-bond donors (Lipinski definition) is 2. The molecule has 0 aromatic heterocycles. The first-order valence-corrected chi connectivity index (χ1v) is 7.01. The van der Waals surface area contributed by atoms with Crippen LogP contribution in [0.5, 0.6) is 0 Å². The second-order valence-corrected chi connectivity index (χ2v) is 5.87. The first kappa shape index (κ1) is 13.2. The summed E-state index contributed by atoms with van der Waals surface area (Å²) >= 11 is 6.07. The fourth-order valence-electron chi connectivity index (χ4n) is 3.53. The molecule has 5 heteroatoms. The van der Waals surface area contributed by atoms with Gasteiger partial charge in [0.1, 0.15) is 0 Å². The number of aliphatic imine (C=N–C) groups is 1. The molecule has 2 bridgehead atoms. The Balaban J connectivity index is 1.98. The van der Waals surface area contributed by atoms with E-state index in [1.54, 1.807) is 0 Å². The number of benzene rings is 1. The molecule has 3 rings (SSSR count). The molecule has 2 aliphatic carbocycles. The van der Waals surface area contributed by atoms with Crippen molar-refractivity contribution in [2.24, 2.45) is 34.2 Å². The zero-order valence-electron chi connectivity index (χ0n) is 10.9. The van der Waals surface area contributed by atoms with Gasteiger partial charge in [-0.25, -0.2) is 0 Å². The molecule has 4 unspecified atom stereocenters. The van der Waals surface area contributed by atoms with Crippen molar-refractivity contribution < 1.29 is 4.79 Å². The van der Waals surface area contributed by atoms with Crippen LogP contribution in [0.2, 0.25) is 5.02 Å². The van der Waals surface area contributed by atoms with Crippen molar-refractivity contribution in [3.05, 3.63) is 47.0 Å². The minimum absolute atomic E-state index is 0.110. The van der Waals surface area contributed by atoms with Crippen LogP contribution in [0.4, 0.5) is 0 Å². The number of fused-ring (bicyclic) bond motifs is 2. The van der Waals surface area contributed by atoms with Gasteiger partial charge >= 0.3 is 0 Å². The van der Waals surface area contributed by atoms with Crippen molar-refractivity contribution in [1.82, 2.24) is 0 Å². The number of nitrogens with two attached hydrogens (primary N) is 2. The molecule has 1 aromatic rings. The summed E-state index contributed by atoms with van der Waals surface area (Å²) in [7, 11) is 0. The molecule has 0 heterocycles. The molecule has 0 saturated heterocycles. The van der Waals surface area contributed by atoms with Gasteiger partial charge in [0.25, 0.3) is 5.91 Å². The summed E-state index contributed by atoms with van der Waals surface area (Å²) < 4.78 is 0. The van der Waals surface area contributed by atoms with E-state index in [1.807, 2.05) is 24.3 Å². The Bertz CT molecular complexity index is 607. The summed E-state index contributed by atoms with van der Waals surface area (Å²) in [4.78, 5) is 16.0. The van der Waals surface area contributed by atoms with Gasteiger partial charge in [0.05, 0.1) is 5.92 Å². The quantitative estimate of drug-likeness (QED) is 0.497. The second kappa shape index (κ2) is 4.94. The Morgan fingerprint density at radius 1 is 1.25 bits per heavy atom. The largest absolute Gasteiger partial charge is 0.370 e. The predicted molar refractivity (Wildman–Crippen MR) is 79.2 cm³/mol. The number of amides is 1. The van der Waals surface area contributed by atoms with Gasteiger partial charge in [0.15, 0.2) is 5.96 Å². The third-order valence-corrected chi connectivity index (χ3v) is 4.45. The SMILES string of the molecule is NC(N)=NC(=O)C1C2C=CC(C2)C1c1cccc(Cl)c1. The minimum atomic E-state index is -0.230. The van der Waals surface area contributed by atoms with E-state index in [1.165, 1.54) is 0 Å². The maximum atomic E-state index is 12.3. The zero-order chi connectivity index (χ0) is 14.3. The number of guanidine groups is 1. The molecule has 4 N–H and O–H groups in total. The summed E-state index contributed by atoms with van der Waals surface area (Å²) in [5.74, 6) is 0.101. The van der Waals surface area contributed by atoms with Crippen LogP contribution in [0.3, 0.4) is 0 Å². The lowest BCUT2D eigenvalue weighted by molar-refractivity contribution is -0.122.